The summed E-state index contributed by atoms with van der Waals surface area (Å²) in [4.78, 5) is 82.3. The second kappa shape index (κ2) is 25.4. The van der Waals surface area contributed by atoms with Gasteiger partial charge in [0.2, 0.25) is 17.7 Å². The molecule has 0 spiro atoms. The van der Waals surface area contributed by atoms with E-state index in [1.165, 1.54) is 25.4 Å². The Kier molecular flexibility index (Phi) is 19.2. The number of imide groups is 2. The molecular formula is C49H58F3N5O12. The summed E-state index contributed by atoms with van der Waals surface area (Å²) in [7, 11) is 3.18. The van der Waals surface area contributed by atoms with E-state index in [0.29, 0.717) is 82.7 Å². The standard InChI is InChI=1S/C49H58F3N5O12/c1-56(44(59)27-33-4-3-5-34(26-33)30-54-45(60)40-28-35(42(64-2)31-53-40)9-6-32-7-10-36(11-8-32)49(50,51)52)16-17-65-18-19-66-20-21-67-22-23-68-24-25-69-37-12-13-38-39(29-37)48(63)57(47(38)62)41-14-15-43(58)55-46(41)61/h3-6,9,12-13,26,28-29,31-32,36,41H,7-8,10-11,14-25,27,30H2,1-2H3,(H,54,60)(H,55,58,61)/b9-6+/t32-,36-,41?. The van der Waals surface area contributed by atoms with E-state index in [2.05, 4.69) is 15.6 Å². The summed E-state index contributed by atoms with van der Waals surface area (Å²) >= 11 is 0. The van der Waals surface area contributed by atoms with Gasteiger partial charge in [-0.05, 0) is 73.4 Å². The lowest BCUT2D eigenvalue weighted by Crippen LogP contribution is -2.54. The number of piperidine rings is 1. The molecule has 1 saturated heterocycles. The summed E-state index contributed by atoms with van der Waals surface area (Å²) in [5.74, 6) is -3.26. The average molecular weight is 966 g/mol. The van der Waals surface area contributed by atoms with Crippen LogP contribution in [0.15, 0.2) is 60.8 Å². The molecule has 6 rings (SSSR count). The van der Waals surface area contributed by atoms with Crippen LogP contribution in [0.1, 0.15) is 86.4 Å². The van der Waals surface area contributed by atoms with Crippen molar-refractivity contribution in [1.29, 1.82) is 0 Å². The maximum absolute atomic E-state index is 13.1. The van der Waals surface area contributed by atoms with Gasteiger partial charge in [0, 0.05) is 32.1 Å². The number of nitrogens with zero attached hydrogens (tertiary/aromatic N) is 3. The molecule has 1 unspecified atom stereocenters. The Morgan fingerprint density at radius 3 is 2.14 bits per heavy atom. The summed E-state index contributed by atoms with van der Waals surface area (Å²) in [6, 6.07) is 12.4. The largest absolute Gasteiger partial charge is 0.495 e. The first kappa shape index (κ1) is 52.2. The van der Waals surface area contributed by atoms with Crippen molar-refractivity contribution in [3.63, 3.8) is 0 Å². The molecule has 2 N–H and O–H groups in total. The smallest absolute Gasteiger partial charge is 0.391 e. The molecule has 3 aromatic rings. The number of hydrogen-bond acceptors (Lipinski definition) is 13. The van der Waals surface area contributed by atoms with Crippen LogP contribution in [0.2, 0.25) is 0 Å². The molecule has 1 saturated carbocycles. The van der Waals surface area contributed by atoms with Crippen LogP contribution in [0.3, 0.4) is 0 Å². The Bertz CT molecular complexity index is 2320. The SMILES string of the molecule is COc1cnc(C(=O)NCc2cccc(CC(=O)N(C)CCOCCOCCOCCOCCOc3ccc4c(c3)C(=O)N(C3CCC(=O)NC3=O)C4=O)c2)cc1/C=C/[C@H]1CC[C@H](C(F)(F)F)CC1. The first-order valence-corrected chi connectivity index (χ1v) is 22.9. The van der Waals surface area contributed by atoms with Gasteiger partial charge < -0.3 is 38.6 Å². The Balaban J connectivity index is 0.774. The molecule has 6 amide bonds. The minimum atomic E-state index is -4.16. The third-order valence-electron chi connectivity index (χ3n) is 12.0. The van der Waals surface area contributed by atoms with Gasteiger partial charge in [-0.1, -0.05) is 36.4 Å². The number of alkyl halides is 3. The maximum atomic E-state index is 13.1. The summed E-state index contributed by atoms with van der Waals surface area (Å²) in [6.45, 7) is 3.37. The molecule has 3 aliphatic rings. The number of amides is 6. The van der Waals surface area contributed by atoms with Crippen molar-refractivity contribution in [2.75, 3.05) is 80.2 Å². The summed E-state index contributed by atoms with van der Waals surface area (Å²) in [5.41, 5.74) is 2.64. The fraction of sp³-hybridized carbons (Fsp3) is 0.490. The number of carbonyl (C=O) groups excluding carboxylic acids is 6. The van der Waals surface area contributed by atoms with Gasteiger partial charge in [0.05, 0.1) is 89.6 Å². The van der Waals surface area contributed by atoms with Crippen LogP contribution in [0.25, 0.3) is 6.08 Å². The molecule has 3 heterocycles. The second-order valence-electron chi connectivity index (χ2n) is 16.8. The van der Waals surface area contributed by atoms with E-state index < -0.39 is 47.7 Å². The number of methoxy groups -OCH3 is 1. The van der Waals surface area contributed by atoms with Crippen molar-refractivity contribution in [3.8, 4) is 11.5 Å². The molecule has 1 aromatic heterocycles. The third-order valence-corrected chi connectivity index (χ3v) is 12.0. The number of fused-ring (bicyclic) bond motifs is 1. The molecule has 0 radical (unpaired) electrons. The predicted molar refractivity (Wildman–Crippen MR) is 242 cm³/mol. The van der Waals surface area contributed by atoms with Crippen LogP contribution in [0, 0.1) is 11.8 Å². The van der Waals surface area contributed by atoms with Gasteiger partial charge in [-0.3, -0.25) is 39.0 Å². The van der Waals surface area contributed by atoms with Gasteiger partial charge in [-0.2, -0.15) is 13.2 Å². The molecular weight excluding hydrogens is 908 g/mol. The zero-order valence-corrected chi connectivity index (χ0v) is 38.7. The lowest BCUT2D eigenvalue weighted by molar-refractivity contribution is -0.183. The molecule has 1 atom stereocenters. The number of hydrogen-bond donors (Lipinski definition) is 2. The van der Waals surface area contributed by atoms with Crippen LogP contribution in [-0.4, -0.2) is 143 Å². The first-order valence-electron chi connectivity index (χ1n) is 22.9. The summed E-state index contributed by atoms with van der Waals surface area (Å²) in [6.07, 6.45) is 2.28. The van der Waals surface area contributed by atoms with E-state index in [9.17, 15) is 41.9 Å². The van der Waals surface area contributed by atoms with Gasteiger partial charge in [0.1, 0.15) is 29.8 Å². The number of rotatable bonds is 25. The Hall–Kier alpha value is -6.22. The minimum Gasteiger partial charge on any atom is -0.495 e. The second-order valence-corrected chi connectivity index (χ2v) is 16.8. The van der Waals surface area contributed by atoms with E-state index in [0.717, 1.165) is 16.0 Å². The van der Waals surface area contributed by atoms with E-state index >= 15 is 0 Å². The number of carbonyl (C=O) groups is 6. The number of likely N-dealkylation sites (N-methyl/N-ethyl adjacent to an activating group) is 1. The topological polar surface area (TPSA) is 201 Å². The van der Waals surface area contributed by atoms with Crippen molar-refractivity contribution in [2.24, 2.45) is 11.8 Å². The number of aromatic nitrogens is 1. The first-order chi connectivity index (χ1) is 33.2. The fourth-order valence-electron chi connectivity index (χ4n) is 8.04. The summed E-state index contributed by atoms with van der Waals surface area (Å²) < 4.78 is 72.6. The Labute approximate surface area is 398 Å². The van der Waals surface area contributed by atoms with Gasteiger partial charge in [0.15, 0.2) is 0 Å². The molecule has 1 aliphatic carbocycles. The number of pyridine rings is 1. The number of halogens is 3. The van der Waals surface area contributed by atoms with Gasteiger partial charge in [-0.25, -0.2) is 4.98 Å². The molecule has 69 heavy (non-hydrogen) atoms. The number of nitrogens with one attached hydrogen (secondary N) is 2. The number of ether oxygens (including phenoxy) is 6. The van der Waals surface area contributed by atoms with Crippen LogP contribution >= 0.6 is 0 Å². The zero-order chi connectivity index (χ0) is 49.3. The molecule has 20 heteroatoms. The lowest BCUT2D eigenvalue weighted by atomic mass is 9.81. The molecule has 2 aliphatic heterocycles. The predicted octanol–water partition coefficient (Wildman–Crippen LogP) is 4.95. The number of benzene rings is 2. The van der Waals surface area contributed by atoms with Crippen molar-refractivity contribution in [2.45, 2.75) is 63.7 Å². The zero-order valence-electron chi connectivity index (χ0n) is 38.7. The monoisotopic (exact) mass is 965 g/mol. The van der Waals surface area contributed by atoms with E-state index in [-0.39, 0.29) is 80.5 Å². The highest BCUT2D eigenvalue weighted by molar-refractivity contribution is 6.23. The maximum Gasteiger partial charge on any atom is 0.391 e. The lowest BCUT2D eigenvalue weighted by Gasteiger charge is -2.28. The van der Waals surface area contributed by atoms with Crippen molar-refractivity contribution >= 4 is 41.5 Å². The van der Waals surface area contributed by atoms with Crippen LogP contribution in [0.4, 0.5) is 13.2 Å². The molecule has 2 fully saturated rings. The van der Waals surface area contributed by atoms with Crippen molar-refractivity contribution in [3.05, 3.63) is 94.3 Å². The van der Waals surface area contributed by atoms with Crippen LogP contribution < -0.4 is 20.1 Å². The van der Waals surface area contributed by atoms with Gasteiger partial charge in [-0.15, -0.1) is 0 Å². The molecule has 2 aromatic carbocycles. The quantitative estimate of drug-likeness (QED) is 0.0855. The normalized spacial score (nSPS) is 18.3. The van der Waals surface area contributed by atoms with Crippen LogP contribution in [0.5, 0.6) is 11.5 Å². The molecule has 0 bridgehead atoms. The highest BCUT2D eigenvalue weighted by Gasteiger charge is 2.45. The van der Waals surface area contributed by atoms with Crippen LogP contribution in [-0.2, 0) is 46.3 Å². The highest BCUT2D eigenvalue weighted by Crippen LogP contribution is 2.40. The Morgan fingerprint density at radius 1 is 0.826 bits per heavy atom. The average Bonchev–Trinajstić information content (AvgIpc) is 3.58. The van der Waals surface area contributed by atoms with E-state index in [1.54, 1.807) is 30.2 Å². The van der Waals surface area contributed by atoms with E-state index in [4.69, 9.17) is 28.4 Å². The van der Waals surface area contributed by atoms with Crippen molar-refractivity contribution in [1.82, 2.24) is 25.4 Å². The summed E-state index contributed by atoms with van der Waals surface area (Å²) in [5, 5.41) is 5.03. The van der Waals surface area contributed by atoms with Crippen molar-refractivity contribution < 1.29 is 70.4 Å². The minimum absolute atomic E-state index is 0.00291. The molecule has 372 valence electrons. The highest BCUT2D eigenvalue weighted by atomic mass is 19.4. The molecule has 17 nitrogen and oxygen atoms in total. The Morgan fingerprint density at radius 2 is 1.48 bits per heavy atom. The fourth-order valence-corrected chi connectivity index (χ4v) is 8.04. The number of allylic oxidation sites excluding steroid dienone is 1. The van der Waals surface area contributed by atoms with Gasteiger partial charge >= 0.3 is 6.18 Å². The third kappa shape index (κ3) is 15.1. The van der Waals surface area contributed by atoms with Gasteiger partial charge in [0.25, 0.3) is 17.7 Å². The van der Waals surface area contributed by atoms with E-state index in [1.807, 2.05) is 30.3 Å².